The van der Waals surface area contributed by atoms with Gasteiger partial charge in [-0.05, 0) is 57.8 Å². The summed E-state index contributed by atoms with van der Waals surface area (Å²) in [4.78, 5) is 24.5. The molecule has 6 heteroatoms. The first kappa shape index (κ1) is 74.3. The van der Waals surface area contributed by atoms with Crippen molar-refractivity contribution < 1.29 is 24.5 Å². The second-order valence-corrected chi connectivity index (χ2v) is 23.9. The molecule has 450 valence electrons. The summed E-state index contributed by atoms with van der Waals surface area (Å²) in [5.74, 6) is -0.0153. The topological polar surface area (TPSA) is 95.9 Å². The van der Waals surface area contributed by atoms with Crippen LogP contribution in [0.3, 0.4) is 0 Å². The van der Waals surface area contributed by atoms with Gasteiger partial charge in [0.15, 0.2) is 0 Å². The summed E-state index contributed by atoms with van der Waals surface area (Å²) >= 11 is 0. The number of aliphatic hydroxyl groups is 2. The van der Waals surface area contributed by atoms with Crippen LogP contribution in [0.15, 0.2) is 24.3 Å². The molecule has 76 heavy (non-hydrogen) atoms. The number of esters is 1. The minimum atomic E-state index is -0.660. The molecule has 0 aliphatic carbocycles. The monoisotopic (exact) mass is 1070 g/mol. The van der Waals surface area contributed by atoms with Crippen molar-refractivity contribution in [1.82, 2.24) is 5.32 Å². The quantitative estimate of drug-likeness (QED) is 0.0320. The Morgan fingerprint density at radius 3 is 1.00 bits per heavy atom. The van der Waals surface area contributed by atoms with Crippen LogP contribution >= 0.6 is 0 Å². The number of unbranched alkanes of at least 4 members (excludes halogenated alkanes) is 50. The van der Waals surface area contributed by atoms with Crippen molar-refractivity contribution in [1.29, 1.82) is 0 Å². The zero-order chi connectivity index (χ0) is 55.0. The second-order valence-electron chi connectivity index (χ2n) is 23.9. The van der Waals surface area contributed by atoms with Crippen molar-refractivity contribution in [3.8, 4) is 0 Å². The van der Waals surface area contributed by atoms with E-state index in [1.54, 1.807) is 0 Å². The third-order valence-corrected chi connectivity index (χ3v) is 16.3. The second kappa shape index (κ2) is 65.9. The van der Waals surface area contributed by atoms with Gasteiger partial charge in [-0.2, -0.15) is 0 Å². The first-order valence-corrected chi connectivity index (χ1v) is 34.6. The van der Waals surface area contributed by atoms with E-state index in [9.17, 15) is 19.8 Å². The van der Waals surface area contributed by atoms with E-state index in [0.29, 0.717) is 25.9 Å². The summed E-state index contributed by atoms with van der Waals surface area (Å²) in [6.45, 7) is 4.96. The van der Waals surface area contributed by atoms with Crippen molar-refractivity contribution in [3.63, 3.8) is 0 Å². The number of ether oxygens (including phenoxy) is 1. The molecule has 0 aromatic heterocycles. The minimum absolute atomic E-state index is 0.0186. The van der Waals surface area contributed by atoms with E-state index in [1.807, 2.05) is 0 Å². The smallest absolute Gasteiger partial charge is 0.305 e. The minimum Gasteiger partial charge on any atom is -0.466 e. The van der Waals surface area contributed by atoms with Crippen LogP contribution < -0.4 is 5.32 Å². The molecular formula is C70H135NO5. The standard InChI is InChI=1S/C70H135NO5/c1-3-5-7-9-11-13-14-15-16-34-38-41-44-48-52-56-60-64-70(75)76-65-61-57-53-49-45-42-39-36-33-31-29-27-25-23-21-19-17-18-20-22-24-26-28-30-32-35-37-40-43-47-51-55-59-63-69(74)71-67(66-72)68(73)62-58-54-50-46-12-10-8-6-4-2/h21,23,27,29,67-68,72-73H,3-20,22,24-26,28,30-66H2,1-2H3,(H,71,74)/b23-21-,29-27-. The van der Waals surface area contributed by atoms with Gasteiger partial charge in [-0.25, -0.2) is 0 Å². The number of aliphatic hydroxyl groups excluding tert-OH is 2. The fourth-order valence-electron chi connectivity index (χ4n) is 11.0. The predicted molar refractivity (Wildman–Crippen MR) is 333 cm³/mol. The number of hydrogen-bond acceptors (Lipinski definition) is 5. The van der Waals surface area contributed by atoms with Crippen molar-refractivity contribution in [2.24, 2.45) is 0 Å². The van der Waals surface area contributed by atoms with Crippen LogP contribution in [0.25, 0.3) is 0 Å². The zero-order valence-electron chi connectivity index (χ0n) is 51.5. The Hall–Kier alpha value is -1.66. The van der Waals surface area contributed by atoms with Crippen LogP contribution in [-0.4, -0.2) is 47.4 Å². The highest BCUT2D eigenvalue weighted by atomic mass is 16.5. The number of nitrogens with one attached hydrogen (secondary N) is 1. The Balaban J connectivity index is 3.33. The van der Waals surface area contributed by atoms with Crippen LogP contribution in [-0.2, 0) is 14.3 Å². The van der Waals surface area contributed by atoms with Gasteiger partial charge in [0.05, 0.1) is 25.4 Å². The molecule has 2 atom stereocenters. The van der Waals surface area contributed by atoms with Gasteiger partial charge >= 0.3 is 5.97 Å². The molecule has 0 spiro atoms. The van der Waals surface area contributed by atoms with E-state index in [0.717, 1.165) is 44.9 Å². The van der Waals surface area contributed by atoms with Gasteiger partial charge in [0.25, 0.3) is 0 Å². The van der Waals surface area contributed by atoms with Crippen molar-refractivity contribution >= 4 is 11.9 Å². The van der Waals surface area contributed by atoms with Crippen molar-refractivity contribution in [2.45, 2.75) is 398 Å². The van der Waals surface area contributed by atoms with Gasteiger partial charge < -0.3 is 20.3 Å². The average Bonchev–Trinajstić information content (AvgIpc) is 3.42. The largest absolute Gasteiger partial charge is 0.466 e. The molecule has 3 N–H and O–H groups in total. The van der Waals surface area contributed by atoms with Crippen molar-refractivity contribution in [2.75, 3.05) is 13.2 Å². The van der Waals surface area contributed by atoms with Crippen LogP contribution in [0.4, 0.5) is 0 Å². The maximum atomic E-state index is 12.4. The lowest BCUT2D eigenvalue weighted by Crippen LogP contribution is -2.45. The molecule has 0 radical (unpaired) electrons. The SMILES string of the molecule is CCCCCCCCCCCCCCCCCCCC(=O)OCCCCCCCCCCC/C=C\C/C=C\CCCCCCCCCCCCCCCCCCCC(=O)NC(CO)C(O)CCCCCCCCCCC. The summed E-state index contributed by atoms with van der Waals surface area (Å²) in [5, 5.41) is 23.1. The highest BCUT2D eigenvalue weighted by Gasteiger charge is 2.20. The molecule has 0 saturated carbocycles. The maximum Gasteiger partial charge on any atom is 0.305 e. The normalized spacial score (nSPS) is 12.6. The molecule has 6 nitrogen and oxygen atoms in total. The van der Waals surface area contributed by atoms with Crippen molar-refractivity contribution in [3.05, 3.63) is 24.3 Å². The van der Waals surface area contributed by atoms with Crippen LogP contribution in [0, 0.1) is 0 Å². The lowest BCUT2D eigenvalue weighted by Gasteiger charge is -2.22. The predicted octanol–water partition coefficient (Wildman–Crippen LogP) is 22.1. The highest BCUT2D eigenvalue weighted by molar-refractivity contribution is 5.76. The van der Waals surface area contributed by atoms with Gasteiger partial charge in [0, 0.05) is 12.8 Å². The number of carbonyl (C=O) groups excluding carboxylic acids is 2. The molecule has 2 unspecified atom stereocenters. The molecule has 0 aromatic rings. The number of hydrogen-bond donors (Lipinski definition) is 3. The van der Waals surface area contributed by atoms with Gasteiger partial charge in [-0.3, -0.25) is 9.59 Å². The molecule has 0 saturated heterocycles. The van der Waals surface area contributed by atoms with Crippen LogP contribution in [0.5, 0.6) is 0 Å². The summed E-state index contributed by atoms with van der Waals surface area (Å²) in [7, 11) is 0. The van der Waals surface area contributed by atoms with E-state index in [1.165, 1.54) is 308 Å². The Kier molecular flexibility index (Phi) is 64.4. The van der Waals surface area contributed by atoms with Crippen LogP contribution in [0.2, 0.25) is 0 Å². The third-order valence-electron chi connectivity index (χ3n) is 16.3. The van der Waals surface area contributed by atoms with E-state index < -0.39 is 12.1 Å². The Morgan fingerprint density at radius 2 is 0.658 bits per heavy atom. The zero-order valence-corrected chi connectivity index (χ0v) is 51.5. The molecule has 0 bridgehead atoms. The first-order chi connectivity index (χ1) is 37.5. The third kappa shape index (κ3) is 61.6. The molecule has 0 aromatic carbocycles. The Labute approximate surface area is 475 Å². The number of carbonyl (C=O) groups is 2. The molecule has 0 rings (SSSR count). The lowest BCUT2D eigenvalue weighted by molar-refractivity contribution is -0.143. The fraction of sp³-hybridized carbons (Fsp3) is 0.914. The average molecular weight is 1070 g/mol. The van der Waals surface area contributed by atoms with E-state index in [-0.39, 0.29) is 18.5 Å². The summed E-state index contributed by atoms with van der Waals surface area (Å²) in [6, 6.07) is -0.537. The Morgan fingerprint density at radius 1 is 0.368 bits per heavy atom. The summed E-state index contributed by atoms with van der Waals surface area (Å²) in [5.41, 5.74) is 0. The summed E-state index contributed by atoms with van der Waals surface area (Å²) in [6.07, 6.45) is 82.4. The van der Waals surface area contributed by atoms with E-state index in [4.69, 9.17) is 4.74 Å². The first-order valence-electron chi connectivity index (χ1n) is 34.6. The van der Waals surface area contributed by atoms with E-state index >= 15 is 0 Å². The molecule has 1 amide bonds. The molecule has 0 fully saturated rings. The fourth-order valence-corrected chi connectivity index (χ4v) is 11.0. The molecular weight excluding hydrogens is 935 g/mol. The van der Waals surface area contributed by atoms with Gasteiger partial charge in [0.1, 0.15) is 0 Å². The number of allylic oxidation sites excluding steroid dienone is 4. The molecule has 0 heterocycles. The molecule has 0 aliphatic rings. The van der Waals surface area contributed by atoms with Gasteiger partial charge in [0.2, 0.25) is 5.91 Å². The number of rotatable bonds is 65. The van der Waals surface area contributed by atoms with Gasteiger partial charge in [-0.1, -0.05) is 340 Å². The van der Waals surface area contributed by atoms with E-state index in [2.05, 4.69) is 43.5 Å². The maximum absolute atomic E-state index is 12.4. The lowest BCUT2D eigenvalue weighted by atomic mass is 10.0. The van der Waals surface area contributed by atoms with Gasteiger partial charge in [-0.15, -0.1) is 0 Å². The van der Waals surface area contributed by atoms with Crippen LogP contribution in [0.1, 0.15) is 386 Å². The molecule has 0 aliphatic heterocycles. The highest BCUT2D eigenvalue weighted by Crippen LogP contribution is 2.19. The summed E-state index contributed by atoms with van der Waals surface area (Å²) < 4.78 is 5.50. The Bertz CT molecular complexity index is 1190. The number of amides is 1.